The second-order valence-corrected chi connectivity index (χ2v) is 5.22. The number of aromatic nitrogens is 1. The second kappa shape index (κ2) is 5.52. The van der Waals surface area contributed by atoms with Gasteiger partial charge in [-0.05, 0) is 18.1 Å². The first-order chi connectivity index (χ1) is 9.02. The summed E-state index contributed by atoms with van der Waals surface area (Å²) in [5.74, 6) is 0.0129. The Morgan fingerprint density at radius 1 is 1.58 bits per heavy atom. The summed E-state index contributed by atoms with van der Waals surface area (Å²) in [5, 5.41) is 0. The largest absolute Gasteiger partial charge is 0.469 e. The summed E-state index contributed by atoms with van der Waals surface area (Å²) in [6.07, 6.45) is 1.68. The number of esters is 1. The zero-order valence-electron chi connectivity index (χ0n) is 11.0. The molecular weight excluding hydrogens is 262 g/mol. The van der Waals surface area contributed by atoms with Gasteiger partial charge in [-0.2, -0.15) is 0 Å². The van der Waals surface area contributed by atoms with Gasteiger partial charge in [-0.15, -0.1) is 0 Å². The van der Waals surface area contributed by atoms with Gasteiger partial charge in [0.25, 0.3) is 0 Å². The van der Waals surface area contributed by atoms with Crippen molar-refractivity contribution in [3.05, 3.63) is 24.0 Å². The van der Waals surface area contributed by atoms with Crippen LogP contribution in [-0.2, 0) is 9.53 Å². The Balaban J connectivity index is 2.18. The second-order valence-electron chi connectivity index (χ2n) is 4.78. The van der Waals surface area contributed by atoms with Crippen molar-refractivity contribution < 1.29 is 9.53 Å². The van der Waals surface area contributed by atoms with Crippen molar-refractivity contribution in [1.82, 2.24) is 4.98 Å². The molecule has 0 spiro atoms. The van der Waals surface area contributed by atoms with Gasteiger partial charge in [-0.25, -0.2) is 0 Å². The van der Waals surface area contributed by atoms with Crippen LogP contribution in [0.5, 0.6) is 0 Å². The maximum Gasteiger partial charge on any atom is 0.310 e. The Labute approximate surface area is 117 Å². The maximum atomic E-state index is 11.7. The van der Waals surface area contributed by atoms with Crippen LogP contribution in [0.4, 0.5) is 5.69 Å². The summed E-state index contributed by atoms with van der Waals surface area (Å²) in [6, 6.07) is 3.75. The number of hydrogen-bond acceptors (Lipinski definition) is 5. The molecule has 19 heavy (non-hydrogen) atoms. The third-order valence-electron chi connectivity index (χ3n) is 3.48. The number of rotatable bonds is 3. The topological polar surface area (TPSA) is 68.5 Å². The summed E-state index contributed by atoms with van der Waals surface area (Å²) >= 11 is 4.93. The molecule has 6 heteroatoms. The first-order valence-corrected chi connectivity index (χ1v) is 6.52. The zero-order chi connectivity index (χ0) is 14.0. The van der Waals surface area contributed by atoms with Gasteiger partial charge < -0.3 is 15.4 Å². The van der Waals surface area contributed by atoms with Gasteiger partial charge in [0.1, 0.15) is 4.99 Å². The Morgan fingerprint density at radius 3 is 2.95 bits per heavy atom. The molecule has 0 aromatic carbocycles. The van der Waals surface area contributed by atoms with Gasteiger partial charge in [-0.3, -0.25) is 9.78 Å². The van der Waals surface area contributed by atoms with Gasteiger partial charge in [-0.1, -0.05) is 19.1 Å². The smallest absolute Gasteiger partial charge is 0.310 e. The van der Waals surface area contributed by atoms with Crippen LogP contribution in [0.25, 0.3) is 0 Å². The molecule has 2 atom stereocenters. The van der Waals surface area contributed by atoms with E-state index in [1.165, 1.54) is 7.11 Å². The van der Waals surface area contributed by atoms with Gasteiger partial charge in [0, 0.05) is 25.0 Å². The summed E-state index contributed by atoms with van der Waals surface area (Å²) in [4.78, 5) is 18.2. The number of nitrogens with two attached hydrogens (primary N) is 1. The van der Waals surface area contributed by atoms with Crippen molar-refractivity contribution in [1.29, 1.82) is 0 Å². The number of nitrogens with zero attached hydrogens (tertiary/aromatic N) is 2. The summed E-state index contributed by atoms with van der Waals surface area (Å²) < 4.78 is 4.83. The van der Waals surface area contributed by atoms with Crippen LogP contribution in [-0.4, -0.2) is 36.1 Å². The van der Waals surface area contributed by atoms with E-state index in [4.69, 9.17) is 22.7 Å². The fourth-order valence-corrected chi connectivity index (χ4v) is 2.50. The average Bonchev–Trinajstić information content (AvgIpc) is 2.80. The molecule has 102 valence electrons. The molecule has 1 aromatic heterocycles. The number of hydrogen-bond donors (Lipinski definition) is 1. The lowest BCUT2D eigenvalue weighted by atomic mass is 9.99. The van der Waals surface area contributed by atoms with Gasteiger partial charge in [0.05, 0.1) is 18.7 Å². The molecule has 5 nitrogen and oxygen atoms in total. The molecule has 2 heterocycles. The van der Waals surface area contributed by atoms with Crippen LogP contribution < -0.4 is 10.6 Å². The van der Waals surface area contributed by atoms with Crippen molar-refractivity contribution in [3.63, 3.8) is 0 Å². The quantitative estimate of drug-likeness (QED) is 0.656. The standard InChI is InChI=1S/C13H17N3O2S/c1-8-6-16(7-10(8)13(17)18-2)9-3-4-15-11(5-9)12(14)19/h3-5,8,10H,6-7H2,1-2H3,(H2,14,19). The first-order valence-electron chi connectivity index (χ1n) is 6.11. The molecule has 2 unspecified atom stereocenters. The monoisotopic (exact) mass is 279 g/mol. The number of pyridine rings is 1. The van der Waals surface area contributed by atoms with Crippen molar-refractivity contribution >= 4 is 28.9 Å². The first kappa shape index (κ1) is 13.7. The molecule has 0 aliphatic carbocycles. The maximum absolute atomic E-state index is 11.7. The SMILES string of the molecule is COC(=O)C1CN(c2ccnc(C(N)=S)c2)CC1C. The third kappa shape index (κ3) is 2.84. The van der Waals surface area contributed by atoms with E-state index < -0.39 is 0 Å². The van der Waals surface area contributed by atoms with Crippen LogP contribution in [0.2, 0.25) is 0 Å². The van der Waals surface area contributed by atoms with Crippen LogP contribution in [0.3, 0.4) is 0 Å². The molecule has 2 N–H and O–H groups in total. The molecule has 0 saturated carbocycles. The average molecular weight is 279 g/mol. The van der Waals surface area contributed by atoms with Crippen molar-refractivity contribution in [2.24, 2.45) is 17.6 Å². The van der Waals surface area contributed by atoms with E-state index in [0.717, 1.165) is 12.2 Å². The van der Waals surface area contributed by atoms with Crippen LogP contribution in [0.15, 0.2) is 18.3 Å². The molecule has 0 bridgehead atoms. The molecule has 1 aliphatic heterocycles. The van der Waals surface area contributed by atoms with Crippen molar-refractivity contribution in [3.8, 4) is 0 Å². The minimum absolute atomic E-state index is 0.0913. The van der Waals surface area contributed by atoms with Gasteiger partial charge in [0.15, 0.2) is 0 Å². The number of methoxy groups -OCH3 is 1. The highest BCUT2D eigenvalue weighted by Gasteiger charge is 2.35. The molecule has 1 aliphatic rings. The predicted octanol–water partition coefficient (Wildman–Crippen LogP) is 0.961. The lowest BCUT2D eigenvalue weighted by molar-refractivity contribution is -0.145. The summed E-state index contributed by atoms with van der Waals surface area (Å²) in [6.45, 7) is 3.51. The van der Waals surface area contributed by atoms with E-state index in [-0.39, 0.29) is 22.8 Å². The summed E-state index contributed by atoms with van der Waals surface area (Å²) in [5.41, 5.74) is 7.16. The van der Waals surface area contributed by atoms with Gasteiger partial charge >= 0.3 is 5.97 Å². The molecule has 0 radical (unpaired) electrons. The highest BCUT2D eigenvalue weighted by atomic mass is 32.1. The Hall–Kier alpha value is -1.69. The fraction of sp³-hybridized carbons (Fsp3) is 0.462. The Morgan fingerprint density at radius 2 is 2.32 bits per heavy atom. The lowest BCUT2D eigenvalue weighted by Crippen LogP contribution is -2.24. The lowest BCUT2D eigenvalue weighted by Gasteiger charge is -2.18. The van der Waals surface area contributed by atoms with Crippen LogP contribution in [0.1, 0.15) is 12.6 Å². The molecule has 2 rings (SSSR count). The number of ether oxygens (including phenoxy) is 1. The van der Waals surface area contributed by atoms with E-state index >= 15 is 0 Å². The third-order valence-corrected chi connectivity index (χ3v) is 3.69. The number of carbonyl (C=O) groups is 1. The molecule has 0 amide bonds. The van der Waals surface area contributed by atoms with Crippen molar-refractivity contribution in [2.45, 2.75) is 6.92 Å². The van der Waals surface area contributed by atoms with Gasteiger partial charge in [0.2, 0.25) is 0 Å². The fourth-order valence-electron chi connectivity index (χ4n) is 2.39. The minimum Gasteiger partial charge on any atom is -0.469 e. The Kier molecular flexibility index (Phi) is 3.99. The van der Waals surface area contributed by atoms with E-state index in [9.17, 15) is 4.79 Å². The van der Waals surface area contributed by atoms with E-state index in [1.807, 2.05) is 12.1 Å². The highest BCUT2D eigenvalue weighted by Crippen LogP contribution is 2.28. The Bertz CT molecular complexity index is 506. The normalized spacial score (nSPS) is 22.3. The van der Waals surface area contributed by atoms with Crippen molar-refractivity contribution in [2.75, 3.05) is 25.1 Å². The number of thiocarbonyl (C=S) groups is 1. The van der Waals surface area contributed by atoms with Crippen LogP contribution in [0, 0.1) is 11.8 Å². The summed E-state index contributed by atoms with van der Waals surface area (Å²) in [7, 11) is 1.43. The van der Waals surface area contributed by atoms with E-state index in [0.29, 0.717) is 12.2 Å². The highest BCUT2D eigenvalue weighted by molar-refractivity contribution is 7.80. The zero-order valence-corrected chi connectivity index (χ0v) is 11.8. The molecule has 1 saturated heterocycles. The predicted molar refractivity (Wildman–Crippen MR) is 77.0 cm³/mol. The molecule has 1 aromatic rings. The van der Waals surface area contributed by atoms with E-state index in [1.54, 1.807) is 6.20 Å². The minimum atomic E-state index is -0.154. The molecular formula is C13H17N3O2S. The molecule has 1 fully saturated rings. The number of anilines is 1. The van der Waals surface area contributed by atoms with E-state index in [2.05, 4.69) is 16.8 Å². The number of carbonyl (C=O) groups excluding carboxylic acids is 1. The van der Waals surface area contributed by atoms with Crippen LogP contribution >= 0.6 is 12.2 Å².